The summed E-state index contributed by atoms with van der Waals surface area (Å²) in [4.78, 5) is 14.1. The second-order valence-electron chi connectivity index (χ2n) is 4.40. The number of hydrogen-bond acceptors (Lipinski definition) is 1. The van der Waals surface area contributed by atoms with Crippen molar-refractivity contribution in [1.82, 2.24) is 4.90 Å². The van der Waals surface area contributed by atoms with Gasteiger partial charge in [-0.2, -0.15) is 0 Å². The van der Waals surface area contributed by atoms with Gasteiger partial charge in [0, 0.05) is 18.7 Å². The smallest absolute Gasteiger partial charge is 0.253 e. The van der Waals surface area contributed by atoms with E-state index < -0.39 is 0 Å². The average molecular weight is 216 g/mol. The fraction of sp³-hybridized carbons (Fsp3) is 0.429. The molecule has 0 unspecified atom stereocenters. The van der Waals surface area contributed by atoms with Crippen LogP contribution < -0.4 is 0 Å². The zero-order valence-electron chi connectivity index (χ0n) is 9.61. The van der Waals surface area contributed by atoms with Crippen molar-refractivity contribution in [1.29, 1.82) is 0 Å². The van der Waals surface area contributed by atoms with Gasteiger partial charge in [-0.15, -0.1) is 0 Å². The first-order valence-electron chi connectivity index (χ1n) is 5.99. The van der Waals surface area contributed by atoms with Gasteiger partial charge in [0.15, 0.2) is 0 Å². The molecule has 0 atom stereocenters. The van der Waals surface area contributed by atoms with E-state index in [2.05, 4.69) is 6.92 Å². The van der Waals surface area contributed by atoms with E-state index in [0.717, 1.165) is 37.1 Å². The zero-order valence-corrected chi connectivity index (χ0v) is 9.61. The van der Waals surface area contributed by atoms with Gasteiger partial charge in [-0.1, -0.05) is 25.0 Å². The Morgan fingerprint density at radius 1 is 1.00 bits per heavy atom. The van der Waals surface area contributed by atoms with Crippen LogP contribution in [0.15, 0.2) is 24.3 Å². The maximum Gasteiger partial charge on any atom is 0.253 e. The largest absolute Gasteiger partial charge is 0.339 e. The highest BCUT2D eigenvalue weighted by Gasteiger charge is 2.16. The summed E-state index contributed by atoms with van der Waals surface area (Å²) >= 11 is 0. The third kappa shape index (κ3) is 2.63. The predicted octanol–water partition coefficient (Wildman–Crippen LogP) is 2.88. The third-order valence-corrected chi connectivity index (χ3v) is 3.09. The van der Waals surface area contributed by atoms with E-state index in [1.807, 2.05) is 29.2 Å². The molecule has 1 amide bonds. The molecular weight excluding hydrogens is 198 g/mol. The lowest BCUT2D eigenvalue weighted by molar-refractivity contribution is 0.0761. The maximum atomic E-state index is 12.2. The average Bonchev–Trinajstić information content (AvgIpc) is 2.57. The Kier molecular flexibility index (Phi) is 3.60. The molecule has 2 rings (SSSR count). The van der Waals surface area contributed by atoms with Crippen LogP contribution in [0.1, 0.15) is 41.6 Å². The van der Waals surface area contributed by atoms with Gasteiger partial charge >= 0.3 is 0 Å². The van der Waals surface area contributed by atoms with Gasteiger partial charge in [-0.05, 0) is 37.5 Å². The fourth-order valence-electron chi connectivity index (χ4n) is 2.10. The molecule has 0 bridgehead atoms. The van der Waals surface area contributed by atoms with E-state index in [1.54, 1.807) is 0 Å². The highest BCUT2D eigenvalue weighted by molar-refractivity contribution is 5.94. The number of rotatable bonds is 1. The normalized spacial score (nSPS) is 16.9. The lowest BCUT2D eigenvalue weighted by Gasteiger charge is -2.20. The highest BCUT2D eigenvalue weighted by atomic mass is 16.2. The lowest BCUT2D eigenvalue weighted by atomic mass is 10.1. The van der Waals surface area contributed by atoms with Gasteiger partial charge in [0.25, 0.3) is 5.91 Å². The molecule has 16 heavy (non-hydrogen) atoms. The van der Waals surface area contributed by atoms with Crippen LogP contribution in [0.2, 0.25) is 0 Å². The molecule has 1 fully saturated rings. The van der Waals surface area contributed by atoms with Crippen LogP contribution in [-0.4, -0.2) is 23.9 Å². The summed E-state index contributed by atoms with van der Waals surface area (Å²) in [7, 11) is 0. The quantitative estimate of drug-likeness (QED) is 0.707. The van der Waals surface area contributed by atoms with Crippen LogP contribution in [0.5, 0.6) is 0 Å². The molecule has 0 spiro atoms. The van der Waals surface area contributed by atoms with Crippen LogP contribution >= 0.6 is 0 Å². The number of likely N-dealkylation sites (tertiary alicyclic amines) is 1. The standard InChI is InChI=1S/C14H18NO/c1-12-6-8-13(9-7-12)14(16)15-10-4-2-3-5-11-15/h6-9H,1-5,10-11H2. The van der Waals surface area contributed by atoms with E-state index in [1.165, 1.54) is 12.8 Å². The Labute approximate surface area is 97.3 Å². The number of amides is 1. The Morgan fingerprint density at radius 2 is 1.56 bits per heavy atom. The van der Waals surface area contributed by atoms with E-state index in [9.17, 15) is 4.79 Å². The van der Waals surface area contributed by atoms with Crippen LogP contribution in [0.4, 0.5) is 0 Å². The minimum absolute atomic E-state index is 0.168. The molecule has 1 aliphatic rings. The Hall–Kier alpha value is -1.31. The number of carbonyl (C=O) groups excluding carboxylic acids is 1. The van der Waals surface area contributed by atoms with Gasteiger partial charge in [-0.3, -0.25) is 4.79 Å². The van der Waals surface area contributed by atoms with Crippen LogP contribution in [0.25, 0.3) is 0 Å². The fourth-order valence-corrected chi connectivity index (χ4v) is 2.10. The molecule has 2 nitrogen and oxygen atoms in total. The molecule has 1 heterocycles. The highest BCUT2D eigenvalue weighted by Crippen LogP contribution is 2.13. The van der Waals surface area contributed by atoms with Crippen LogP contribution in [0.3, 0.4) is 0 Å². The van der Waals surface area contributed by atoms with E-state index >= 15 is 0 Å². The van der Waals surface area contributed by atoms with Gasteiger partial charge in [0.05, 0.1) is 0 Å². The number of carbonyl (C=O) groups is 1. The lowest BCUT2D eigenvalue weighted by Crippen LogP contribution is -2.31. The van der Waals surface area contributed by atoms with Crippen LogP contribution in [0, 0.1) is 6.92 Å². The Morgan fingerprint density at radius 3 is 2.12 bits per heavy atom. The summed E-state index contributed by atoms with van der Waals surface area (Å²) in [6.07, 6.45) is 4.78. The van der Waals surface area contributed by atoms with E-state index in [4.69, 9.17) is 0 Å². The topological polar surface area (TPSA) is 20.3 Å². The molecule has 0 aliphatic carbocycles. The van der Waals surface area contributed by atoms with Crippen molar-refractivity contribution in [3.8, 4) is 0 Å². The summed E-state index contributed by atoms with van der Waals surface area (Å²) < 4.78 is 0. The zero-order chi connectivity index (χ0) is 11.4. The number of nitrogens with zero attached hydrogens (tertiary/aromatic N) is 1. The van der Waals surface area contributed by atoms with Gasteiger partial charge in [0.1, 0.15) is 0 Å². The van der Waals surface area contributed by atoms with Crippen molar-refractivity contribution in [3.63, 3.8) is 0 Å². The molecule has 1 aromatic rings. The van der Waals surface area contributed by atoms with Crippen molar-refractivity contribution in [3.05, 3.63) is 42.3 Å². The minimum Gasteiger partial charge on any atom is -0.339 e. The second kappa shape index (κ2) is 5.15. The van der Waals surface area contributed by atoms with Crippen molar-refractivity contribution in [2.45, 2.75) is 25.7 Å². The SMILES string of the molecule is [CH2]c1ccc(C(=O)N2CCCCCC2)cc1. The van der Waals surface area contributed by atoms with Crippen molar-refractivity contribution < 1.29 is 4.79 Å². The third-order valence-electron chi connectivity index (χ3n) is 3.09. The molecule has 1 saturated heterocycles. The first-order valence-corrected chi connectivity index (χ1v) is 5.99. The maximum absolute atomic E-state index is 12.2. The molecule has 2 heteroatoms. The molecule has 0 saturated carbocycles. The molecule has 1 aliphatic heterocycles. The van der Waals surface area contributed by atoms with Crippen molar-refractivity contribution >= 4 is 5.91 Å². The summed E-state index contributed by atoms with van der Waals surface area (Å²) in [6.45, 7) is 5.64. The Balaban J connectivity index is 2.08. The molecule has 0 N–H and O–H groups in total. The summed E-state index contributed by atoms with van der Waals surface area (Å²) in [5.74, 6) is 0.168. The first kappa shape index (κ1) is 11.2. The number of hydrogen-bond donors (Lipinski definition) is 0. The summed E-state index contributed by atoms with van der Waals surface area (Å²) in [6, 6.07) is 7.53. The first-order chi connectivity index (χ1) is 7.77. The summed E-state index contributed by atoms with van der Waals surface area (Å²) in [5, 5.41) is 0. The monoisotopic (exact) mass is 216 g/mol. The molecule has 85 valence electrons. The van der Waals surface area contributed by atoms with Crippen molar-refractivity contribution in [2.75, 3.05) is 13.1 Å². The van der Waals surface area contributed by atoms with E-state index in [0.29, 0.717) is 0 Å². The van der Waals surface area contributed by atoms with Gasteiger partial charge in [-0.25, -0.2) is 0 Å². The predicted molar refractivity (Wildman–Crippen MR) is 65.3 cm³/mol. The Bertz CT molecular complexity index is 348. The molecule has 0 aromatic heterocycles. The van der Waals surface area contributed by atoms with Gasteiger partial charge < -0.3 is 4.90 Å². The van der Waals surface area contributed by atoms with E-state index in [-0.39, 0.29) is 5.91 Å². The summed E-state index contributed by atoms with van der Waals surface area (Å²) in [5.41, 5.74) is 1.74. The van der Waals surface area contributed by atoms with Gasteiger partial charge in [0.2, 0.25) is 0 Å². The molecule has 1 aromatic carbocycles. The number of benzene rings is 1. The minimum atomic E-state index is 0.168. The van der Waals surface area contributed by atoms with Crippen molar-refractivity contribution in [2.24, 2.45) is 0 Å². The second-order valence-corrected chi connectivity index (χ2v) is 4.40. The molecular formula is C14H18NO. The van der Waals surface area contributed by atoms with Crippen LogP contribution in [-0.2, 0) is 0 Å². The molecule has 1 radical (unpaired) electrons.